The van der Waals surface area contributed by atoms with Gasteiger partial charge in [0, 0.05) is 42.7 Å². The molecule has 0 aliphatic carbocycles. The number of nitrogens with two attached hydrogens (primary N) is 1. The minimum absolute atomic E-state index is 0.720. The average molecular weight is 259 g/mol. The van der Waals surface area contributed by atoms with E-state index >= 15 is 0 Å². The molecule has 0 aliphatic heterocycles. The van der Waals surface area contributed by atoms with Gasteiger partial charge in [0.15, 0.2) is 0 Å². The van der Waals surface area contributed by atoms with Crippen LogP contribution in [0.15, 0.2) is 24.3 Å². The van der Waals surface area contributed by atoms with Gasteiger partial charge in [-0.3, -0.25) is 4.98 Å². The quantitative estimate of drug-likeness (QED) is 0.662. The SMILES string of the molecule is CCOCCN(C)c1cc(C)nc2ccc(N)cc12. The van der Waals surface area contributed by atoms with E-state index in [9.17, 15) is 0 Å². The van der Waals surface area contributed by atoms with Gasteiger partial charge in [-0.05, 0) is 38.1 Å². The Morgan fingerprint density at radius 2 is 2.11 bits per heavy atom. The Labute approximate surface area is 114 Å². The van der Waals surface area contributed by atoms with Crippen molar-refractivity contribution in [1.29, 1.82) is 0 Å². The van der Waals surface area contributed by atoms with Crippen LogP contribution in [-0.4, -0.2) is 31.8 Å². The van der Waals surface area contributed by atoms with Crippen LogP contribution in [0.3, 0.4) is 0 Å². The van der Waals surface area contributed by atoms with Gasteiger partial charge in [-0.1, -0.05) is 0 Å². The summed E-state index contributed by atoms with van der Waals surface area (Å²) in [6.45, 7) is 6.33. The zero-order valence-corrected chi connectivity index (χ0v) is 11.8. The van der Waals surface area contributed by atoms with Crippen LogP contribution >= 0.6 is 0 Å². The molecule has 0 bridgehead atoms. The van der Waals surface area contributed by atoms with Crippen LogP contribution in [0.1, 0.15) is 12.6 Å². The number of hydrogen-bond acceptors (Lipinski definition) is 4. The summed E-state index contributed by atoms with van der Waals surface area (Å²) in [4.78, 5) is 6.73. The molecule has 0 radical (unpaired) electrons. The molecule has 1 heterocycles. The predicted octanol–water partition coefficient (Wildman–Crippen LogP) is 2.60. The van der Waals surface area contributed by atoms with Gasteiger partial charge >= 0.3 is 0 Å². The Morgan fingerprint density at radius 1 is 1.32 bits per heavy atom. The minimum atomic E-state index is 0.720. The number of aromatic nitrogens is 1. The summed E-state index contributed by atoms with van der Waals surface area (Å²) in [7, 11) is 2.07. The highest BCUT2D eigenvalue weighted by atomic mass is 16.5. The van der Waals surface area contributed by atoms with Crippen LogP contribution in [0.4, 0.5) is 11.4 Å². The Kier molecular flexibility index (Phi) is 4.22. The van der Waals surface area contributed by atoms with Gasteiger partial charge in [0.1, 0.15) is 0 Å². The lowest BCUT2D eigenvalue weighted by Gasteiger charge is -2.21. The molecule has 2 aromatic rings. The maximum atomic E-state index is 5.88. The Morgan fingerprint density at radius 3 is 2.84 bits per heavy atom. The van der Waals surface area contributed by atoms with E-state index in [2.05, 4.69) is 23.0 Å². The standard InChI is InChI=1S/C15H21N3O/c1-4-19-8-7-18(3)15-9-11(2)17-14-6-5-12(16)10-13(14)15/h5-6,9-10H,4,7-8,16H2,1-3H3. The third-order valence-electron chi connectivity index (χ3n) is 3.13. The summed E-state index contributed by atoms with van der Waals surface area (Å²) in [5.74, 6) is 0. The van der Waals surface area contributed by atoms with Crippen molar-refractivity contribution in [3.8, 4) is 0 Å². The van der Waals surface area contributed by atoms with Crippen molar-refractivity contribution in [3.05, 3.63) is 30.0 Å². The van der Waals surface area contributed by atoms with Crippen LogP contribution in [0.25, 0.3) is 10.9 Å². The van der Waals surface area contributed by atoms with E-state index in [1.807, 2.05) is 32.0 Å². The number of anilines is 2. The summed E-state index contributed by atoms with van der Waals surface area (Å²) < 4.78 is 5.41. The van der Waals surface area contributed by atoms with E-state index in [0.29, 0.717) is 0 Å². The fraction of sp³-hybridized carbons (Fsp3) is 0.400. The molecule has 1 aromatic heterocycles. The Bertz CT molecular complexity index is 569. The third kappa shape index (κ3) is 3.15. The maximum absolute atomic E-state index is 5.88. The lowest BCUT2D eigenvalue weighted by molar-refractivity contribution is 0.154. The van der Waals surface area contributed by atoms with Crippen molar-refractivity contribution in [3.63, 3.8) is 0 Å². The lowest BCUT2D eigenvalue weighted by atomic mass is 10.1. The van der Waals surface area contributed by atoms with Crippen LogP contribution in [0.2, 0.25) is 0 Å². The van der Waals surface area contributed by atoms with Crippen molar-refractivity contribution in [2.24, 2.45) is 0 Å². The van der Waals surface area contributed by atoms with Crippen molar-refractivity contribution in [2.45, 2.75) is 13.8 Å². The van der Waals surface area contributed by atoms with Crippen molar-refractivity contribution in [2.75, 3.05) is 37.4 Å². The molecule has 0 saturated heterocycles. The molecule has 2 rings (SSSR count). The second-order valence-electron chi connectivity index (χ2n) is 4.68. The van der Waals surface area contributed by atoms with Crippen LogP contribution < -0.4 is 10.6 Å². The summed E-state index contributed by atoms with van der Waals surface area (Å²) in [5, 5.41) is 1.09. The second kappa shape index (κ2) is 5.89. The molecule has 4 heteroatoms. The van der Waals surface area contributed by atoms with Gasteiger partial charge in [-0.25, -0.2) is 0 Å². The van der Waals surface area contributed by atoms with Gasteiger partial charge in [0.25, 0.3) is 0 Å². The van der Waals surface area contributed by atoms with Gasteiger partial charge < -0.3 is 15.4 Å². The van der Waals surface area contributed by atoms with E-state index in [-0.39, 0.29) is 0 Å². The molecule has 0 saturated carbocycles. The first-order chi connectivity index (χ1) is 9.11. The normalized spacial score (nSPS) is 10.9. The smallest absolute Gasteiger partial charge is 0.0727 e. The number of hydrogen-bond donors (Lipinski definition) is 1. The number of rotatable bonds is 5. The lowest BCUT2D eigenvalue weighted by Crippen LogP contribution is -2.23. The van der Waals surface area contributed by atoms with E-state index in [0.717, 1.165) is 47.7 Å². The van der Waals surface area contributed by atoms with Gasteiger partial charge in [0.2, 0.25) is 0 Å². The number of ether oxygens (including phenoxy) is 1. The van der Waals surface area contributed by atoms with Crippen molar-refractivity contribution < 1.29 is 4.74 Å². The number of fused-ring (bicyclic) bond motifs is 1. The first kappa shape index (κ1) is 13.6. The Balaban J connectivity index is 2.37. The molecule has 0 atom stereocenters. The zero-order valence-electron chi connectivity index (χ0n) is 11.8. The predicted molar refractivity (Wildman–Crippen MR) is 80.7 cm³/mol. The third-order valence-corrected chi connectivity index (χ3v) is 3.13. The molecule has 1 aromatic carbocycles. The second-order valence-corrected chi connectivity index (χ2v) is 4.68. The summed E-state index contributed by atoms with van der Waals surface area (Å²) in [6.07, 6.45) is 0. The maximum Gasteiger partial charge on any atom is 0.0727 e. The first-order valence-electron chi connectivity index (χ1n) is 6.57. The number of pyridine rings is 1. The Hall–Kier alpha value is -1.81. The van der Waals surface area contributed by atoms with Crippen LogP contribution in [0.5, 0.6) is 0 Å². The molecule has 0 unspecified atom stereocenters. The summed E-state index contributed by atoms with van der Waals surface area (Å²) in [5.41, 5.74) is 9.78. The highest BCUT2D eigenvalue weighted by Crippen LogP contribution is 2.27. The largest absolute Gasteiger partial charge is 0.399 e. The number of nitrogen functional groups attached to an aromatic ring is 1. The molecular weight excluding hydrogens is 238 g/mol. The number of likely N-dealkylation sites (N-methyl/N-ethyl adjacent to an activating group) is 1. The van der Waals surface area contributed by atoms with Gasteiger partial charge in [0.05, 0.1) is 12.1 Å². The molecule has 0 spiro atoms. The van der Waals surface area contributed by atoms with Gasteiger partial charge in [-0.15, -0.1) is 0 Å². The molecule has 0 fully saturated rings. The fourth-order valence-electron chi connectivity index (χ4n) is 2.14. The molecule has 4 nitrogen and oxygen atoms in total. The van der Waals surface area contributed by atoms with E-state index in [1.54, 1.807) is 0 Å². The monoisotopic (exact) mass is 259 g/mol. The number of benzene rings is 1. The number of aryl methyl sites for hydroxylation is 1. The molecule has 2 N–H and O–H groups in total. The van der Waals surface area contributed by atoms with E-state index < -0.39 is 0 Å². The number of nitrogens with zero attached hydrogens (tertiary/aromatic N) is 2. The fourth-order valence-corrected chi connectivity index (χ4v) is 2.14. The van der Waals surface area contributed by atoms with E-state index in [1.165, 1.54) is 0 Å². The molecule has 102 valence electrons. The van der Waals surface area contributed by atoms with Gasteiger partial charge in [-0.2, -0.15) is 0 Å². The molecule has 0 aliphatic rings. The first-order valence-corrected chi connectivity index (χ1v) is 6.57. The van der Waals surface area contributed by atoms with E-state index in [4.69, 9.17) is 10.5 Å². The van der Waals surface area contributed by atoms with Crippen molar-refractivity contribution in [1.82, 2.24) is 4.98 Å². The molecule has 19 heavy (non-hydrogen) atoms. The summed E-state index contributed by atoms with van der Waals surface area (Å²) >= 11 is 0. The molecular formula is C15H21N3O. The minimum Gasteiger partial charge on any atom is -0.399 e. The highest BCUT2D eigenvalue weighted by Gasteiger charge is 2.08. The van der Waals surface area contributed by atoms with Crippen LogP contribution in [-0.2, 0) is 4.74 Å². The highest BCUT2D eigenvalue weighted by molar-refractivity contribution is 5.93. The summed E-state index contributed by atoms with van der Waals surface area (Å²) in [6, 6.07) is 7.93. The topological polar surface area (TPSA) is 51.4 Å². The molecule has 0 amide bonds. The zero-order chi connectivity index (χ0) is 13.8. The van der Waals surface area contributed by atoms with Crippen molar-refractivity contribution >= 4 is 22.3 Å². The average Bonchev–Trinajstić information content (AvgIpc) is 2.38. The van der Waals surface area contributed by atoms with Crippen LogP contribution in [0, 0.1) is 6.92 Å².